The molecule has 0 bridgehead atoms. The first kappa shape index (κ1) is 40.4. The number of aryl methyl sites for hydroxylation is 1. The molecule has 1 fully saturated rings. The second-order valence-corrected chi connectivity index (χ2v) is 15.6. The number of aromatic nitrogens is 2. The molecule has 0 unspecified atom stereocenters. The highest BCUT2D eigenvalue weighted by Gasteiger charge is 2.44. The number of H-pyrrole nitrogens is 1. The van der Waals surface area contributed by atoms with Crippen molar-refractivity contribution in [3.63, 3.8) is 0 Å². The van der Waals surface area contributed by atoms with Gasteiger partial charge in [-0.25, -0.2) is 0 Å². The molecular formula is C45H41Cl2N7O6. The summed E-state index contributed by atoms with van der Waals surface area (Å²) in [7, 11) is 3.05. The molecule has 4 heterocycles. The molecule has 2 aromatic heterocycles. The van der Waals surface area contributed by atoms with E-state index in [1.54, 1.807) is 48.4 Å². The minimum Gasteiger partial charge on any atom is -0.495 e. The normalized spacial score (nSPS) is 14.7. The molecule has 1 saturated heterocycles. The number of ether oxygens (including phenoxy) is 3. The molecule has 4 aromatic carbocycles. The molecule has 2 aliphatic heterocycles. The van der Waals surface area contributed by atoms with Gasteiger partial charge >= 0.3 is 0 Å². The Bertz CT molecular complexity index is 2710. The molecule has 3 amide bonds. The smallest absolute Gasteiger partial charge is 0.262 e. The Morgan fingerprint density at radius 1 is 0.917 bits per heavy atom. The van der Waals surface area contributed by atoms with Crippen LogP contribution in [0.1, 0.15) is 43.8 Å². The quantitative estimate of drug-likeness (QED) is 0.0871. The Hall–Kier alpha value is -6.33. The van der Waals surface area contributed by atoms with E-state index in [0.29, 0.717) is 105 Å². The lowest BCUT2D eigenvalue weighted by molar-refractivity contribution is -0.137. The van der Waals surface area contributed by atoms with Crippen LogP contribution in [0.2, 0.25) is 10.0 Å². The van der Waals surface area contributed by atoms with E-state index in [-0.39, 0.29) is 12.3 Å². The maximum Gasteiger partial charge on any atom is 0.262 e. The second kappa shape index (κ2) is 17.1. The van der Waals surface area contributed by atoms with Crippen LogP contribution in [0.15, 0.2) is 79.1 Å². The number of nitriles is 1. The average molecular weight is 847 g/mol. The summed E-state index contributed by atoms with van der Waals surface area (Å²) in [5.74, 6) is 0.248. The highest BCUT2D eigenvalue weighted by atomic mass is 35.5. The first-order valence-corrected chi connectivity index (χ1v) is 20.2. The molecule has 6 aromatic rings. The zero-order valence-corrected chi connectivity index (χ0v) is 34.7. The largest absolute Gasteiger partial charge is 0.495 e. The highest BCUT2D eigenvalue weighted by molar-refractivity contribution is 6.37. The maximum absolute atomic E-state index is 14.4. The number of piperazine rings is 1. The molecule has 15 heteroatoms. The number of amides is 3. The Morgan fingerprint density at radius 3 is 2.45 bits per heavy atom. The highest BCUT2D eigenvalue weighted by Crippen LogP contribution is 2.40. The van der Waals surface area contributed by atoms with Gasteiger partial charge in [0.2, 0.25) is 5.91 Å². The molecule has 8 rings (SSSR count). The standard InChI is InChI=1S/C45H41Cl2N7O6/c1-26-9-10-30-31(17-26)44(56)54(43(30)55)38(18-27-24-49-35-8-5-4-7-29(27)35)45(57)53-14-12-52(13-15-53)11-6-16-60-41-21-36-32(19-40(41)59-3)42(28(23-48)25-50-36)51-37-22-39(58-2)34(47)20-33(37)46/h4-5,7-10,17,19-22,24-25,38,49H,6,11-16,18H2,1-3H3,(H,50,51)/t38-/m0/s1. The number of nitrogens with one attached hydrogen (secondary N) is 2. The van der Waals surface area contributed by atoms with Crippen LogP contribution in [0.4, 0.5) is 11.4 Å². The lowest BCUT2D eigenvalue weighted by atomic mass is 10.0. The lowest BCUT2D eigenvalue weighted by Crippen LogP contribution is -2.56. The number of benzene rings is 4. The monoisotopic (exact) mass is 845 g/mol. The minimum atomic E-state index is -1.000. The Balaban J connectivity index is 0.918. The number of imide groups is 1. The Morgan fingerprint density at radius 2 is 1.68 bits per heavy atom. The van der Waals surface area contributed by atoms with Gasteiger partial charge in [0.1, 0.15) is 17.9 Å². The number of hydrogen-bond donors (Lipinski definition) is 2. The third-order valence-corrected chi connectivity index (χ3v) is 11.7. The van der Waals surface area contributed by atoms with Gasteiger partial charge in [-0.3, -0.25) is 29.2 Å². The zero-order chi connectivity index (χ0) is 42.1. The molecule has 0 spiro atoms. The SMILES string of the molecule is COc1cc(Nc2c(C#N)cnc3cc(OCCCN4CCN(C(=O)[C@H](Cc5c[nH]c6ccccc56)N5C(=O)c6ccc(C)cc6C5=O)CC4)c(OC)cc23)c(Cl)cc1Cl. The molecule has 0 saturated carbocycles. The van der Waals surface area contributed by atoms with Gasteiger partial charge in [0.05, 0.1) is 64.5 Å². The average Bonchev–Trinajstić information content (AvgIpc) is 3.78. The number of nitrogens with zero attached hydrogens (tertiary/aromatic N) is 5. The van der Waals surface area contributed by atoms with Crippen molar-refractivity contribution in [3.8, 4) is 23.3 Å². The molecule has 60 heavy (non-hydrogen) atoms. The van der Waals surface area contributed by atoms with E-state index in [2.05, 4.69) is 26.3 Å². The number of hydrogen-bond acceptors (Lipinski definition) is 10. The van der Waals surface area contributed by atoms with Gasteiger partial charge in [-0.05, 0) is 49.2 Å². The van der Waals surface area contributed by atoms with Crippen molar-refractivity contribution in [2.75, 3.05) is 58.9 Å². The van der Waals surface area contributed by atoms with Crippen molar-refractivity contribution in [1.82, 2.24) is 24.7 Å². The predicted molar refractivity (Wildman–Crippen MR) is 230 cm³/mol. The van der Waals surface area contributed by atoms with Crippen molar-refractivity contribution >= 4 is 74.1 Å². The van der Waals surface area contributed by atoms with Crippen LogP contribution < -0.4 is 19.5 Å². The third kappa shape index (κ3) is 7.77. The third-order valence-electron chi connectivity index (χ3n) is 11.1. The van der Waals surface area contributed by atoms with Gasteiger partial charge in [-0.2, -0.15) is 5.26 Å². The molecule has 0 radical (unpaired) electrons. The predicted octanol–water partition coefficient (Wildman–Crippen LogP) is 7.78. The van der Waals surface area contributed by atoms with Crippen molar-refractivity contribution in [3.05, 3.63) is 117 Å². The maximum atomic E-state index is 14.4. The summed E-state index contributed by atoms with van der Waals surface area (Å²) in [6.07, 6.45) is 4.23. The van der Waals surface area contributed by atoms with Crippen LogP contribution in [0.25, 0.3) is 21.8 Å². The van der Waals surface area contributed by atoms with Crippen LogP contribution in [0.3, 0.4) is 0 Å². The zero-order valence-electron chi connectivity index (χ0n) is 33.2. The molecular weight excluding hydrogens is 805 g/mol. The van der Waals surface area contributed by atoms with Crippen LogP contribution in [-0.4, -0.2) is 102 Å². The summed E-state index contributed by atoms with van der Waals surface area (Å²) in [4.78, 5) is 55.0. The van der Waals surface area contributed by atoms with Crippen molar-refractivity contribution in [1.29, 1.82) is 5.26 Å². The van der Waals surface area contributed by atoms with E-state index in [0.717, 1.165) is 28.6 Å². The number of carbonyl (C=O) groups is 3. The van der Waals surface area contributed by atoms with Gasteiger partial charge in [-0.1, -0.05) is 53.0 Å². The summed E-state index contributed by atoms with van der Waals surface area (Å²) >= 11 is 12.7. The van der Waals surface area contributed by atoms with Crippen LogP contribution >= 0.6 is 23.2 Å². The van der Waals surface area contributed by atoms with E-state index in [1.807, 2.05) is 43.5 Å². The second-order valence-electron chi connectivity index (χ2n) is 14.7. The van der Waals surface area contributed by atoms with E-state index in [1.165, 1.54) is 18.2 Å². The van der Waals surface area contributed by atoms with E-state index < -0.39 is 17.9 Å². The van der Waals surface area contributed by atoms with Gasteiger partial charge in [0, 0.05) is 80.0 Å². The van der Waals surface area contributed by atoms with Gasteiger partial charge in [0.15, 0.2) is 11.5 Å². The fourth-order valence-corrected chi connectivity index (χ4v) is 8.44. The van der Waals surface area contributed by atoms with Gasteiger partial charge in [-0.15, -0.1) is 0 Å². The number of fused-ring (bicyclic) bond motifs is 3. The van der Waals surface area contributed by atoms with Gasteiger partial charge in [0.25, 0.3) is 11.8 Å². The summed E-state index contributed by atoms with van der Waals surface area (Å²) in [5, 5.41) is 15.5. The van der Waals surface area contributed by atoms with E-state index >= 15 is 0 Å². The lowest BCUT2D eigenvalue weighted by Gasteiger charge is -2.38. The van der Waals surface area contributed by atoms with Crippen LogP contribution in [-0.2, 0) is 11.2 Å². The molecule has 2 aliphatic rings. The topological polar surface area (TPSA) is 153 Å². The number of methoxy groups -OCH3 is 2. The number of pyridine rings is 1. The minimum absolute atomic E-state index is 0.196. The molecule has 2 N–H and O–H groups in total. The Labute approximate surface area is 356 Å². The summed E-state index contributed by atoms with van der Waals surface area (Å²) < 4.78 is 17.3. The first-order chi connectivity index (χ1) is 29.1. The first-order valence-electron chi connectivity index (χ1n) is 19.5. The molecule has 13 nitrogen and oxygen atoms in total. The number of halogens is 2. The van der Waals surface area contributed by atoms with Gasteiger partial charge < -0.3 is 29.4 Å². The van der Waals surface area contributed by atoms with E-state index in [4.69, 9.17) is 37.4 Å². The molecule has 306 valence electrons. The number of rotatable bonds is 13. The Kier molecular flexibility index (Phi) is 11.5. The number of carbonyl (C=O) groups excluding carboxylic acids is 3. The van der Waals surface area contributed by atoms with E-state index in [9.17, 15) is 19.6 Å². The summed E-state index contributed by atoms with van der Waals surface area (Å²) in [6.45, 7) is 5.12. The van der Waals surface area contributed by atoms with Crippen molar-refractivity contribution in [2.24, 2.45) is 0 Å². The number of aromatic amines is 1. The number of anilines is 2. The number of para-hydroxylation sites is 1. The fraction of sp³-hybridized carbons (Fsp3) is 0.267. The van der Waals surface area contributed by atoms with Crippen LogP contribution in [0.5, 0.6) is 17.2 Å². The summed E-state index contributed by atoms with van der Waals surface area (Å²) in [5.41, 5.74) is 5.16. The van der Waals surface area contributed by atoms with Crippen molar-refractivity contribution < 1.29 is 28.6 Å². The van der Waals surface area contributed by atoms with Crippen molar-refractivity contribution in [2.45, 2.75) is 25.8 Å². The molecule has 1 atom stereocenters. The van der Waals surface area contributed by atoms with Crippen LogP contribution in [0, 0.1) is 18.3 Å². The summed E-state index contributed by atoms with van der Waals surface area (Å²) in [6, 6.07) is 21.0. The fourth-order valence-electron chi connectivity index (χ4n) is 7.93. The molecule has 0 aliphatic carbocycles.